The van der Waals surface area contributed by atoms with Gasteiger partial charge in [-0.2, -0.15) is 5.01 Å². The third kappa shape index (κ3) is 4.05. The maximum absolute atomic E-state index is 12.5. The molecule has 1 aromatic heterocycles. The summed E-state index contributed by atoms with van der Waals surface area (Å²) in [5, 5.41) is 10.1. The van der Waals surface area contributed by atoms with E-state index < -0.39 is 30.3 Å². The number of carboxylic acids is 1. The summed E-state index contributed by atoms with van der Waals surface area (Å²) in [7, 11) is 0. The lowest BCUT2D eigenvalue weighted by molar-refractivity contribution is -0.126. The van der Waals surface area contributed by atoms with Gasteiger partial charge in [0.2, 0.25) is 0 Å². The summed E-state index contributed by atoms with van der Waals surface area (Å²) in [5.41, 5.74) is 2.82. The molecule has 0 saturated carbocycles. The number of fused-ring (bicyclic) bond motifs is 2. The van der Waals surface area contributed by atoms with Crippen LogP contribution in [0.25, 0.3) is 22.3 Å². The molecule has 0 aliphatic carbocycles. The molecule has 4 aromatic rings. The molecule has 0 bridgehead atoms. The molecule has 1 aliphatic heterocycles. The van der Waals surface area contributed by atoms with Crippen molar-refractivity contribution in [3.63, 3.8) is 0 Å². The molecule has 3 amide bonds. The number of benzene rings is 3. The quantitative estimate of drug-likeness (QED) is 0.351. The Hall–Kier alpha value is -5.32. The normalized spacial score (nSPS) is 12.5. The summed E-state index contributed by atoms with van der Waals surface area (Å²) in [4.78, 5) is 67.8. The number of aromatic amines is 1. The zero-order chi connectivity index (χ0) is 25.4. The highest BCUT2D eigenvalue weighted by Crippen LogP contribution is 2.23. The van der Waals surface area contributed by atoms with Crippen LogP contribution in [0, 0.1) is 0 Å². The zero-order valence-corrected chi connectivity index (χ0v) is 18.3. The Kier molecular flexibility index (Phi) is 5.49. The van der Waals surface area contributed by atoms with Crippen molar-refractivity contribution in [3.05, 3.63) is 93.8 Å². The number of carbonyl (C=O) groups is 4. The molecule has 178 valence electrons. The molecule has 0 radical (unpaired) electrons. The SMILES string of the molecule is O=C(COc1ccc(-c2nc3ccccc3c(=O)[nH]2)cc1)NN1C(=O)c2ccc(C(=O)O)cc2C1=O. The van der Waals surface area contributed by atoms with Gasteiger partial charge >= 0.3 is 5.97 Å². The first-order valence-corrected chi connectivity index (χ1v) is 10.6. The third-order valence-electron chi connectivity index (χ3n) is 5.48. The Morgan fingerprint density at radius 1 is 0.944 bits per heavy atom. The number of imide groups is 1. The summed E-state index contributed by atoms with van der Waals surface area (Å²) in [6.45, 7) is -0.502. The molecular weight excluding hydrogens is 468 g/mol. The first-order chi connectivity index (χ1) is 17.3. The highest BCUT2D eigenvalue weighted by atomic mass is 16.5. The van der Waals surface area contributed by atoms with Gasteiger partial charge in [-0.1, -0.05) is 12.1 Å². The van der Waals surface area contributed by atoms with E-state index in [0.717, 1.165) is 6.07 Å². The molecule has 11 heteroatoms. The fourth-order valence-corrected chi connectivity index (χ4v) is 3.71. The first-order valence-electron chi connectivity index (χ1n) is 10.6. The Balaban J connectivity index is 1.23. The third-order valence-corrected chi connectivity index (χ3v) is 5.48. The number of nitrogens with zero attached hydrogens (tertiary/aromatic N) is 2. The Morgan fingerprint density at radius 3 is 2.42 bits per heavy atom. The monoisotopic (exact) mass is 484 g/mol. The van der Waals surface area contributed by atoms with Gasteiger partial charge in [-0.3, -0.25) is 24.6 Å². The van der Waals surface area contributed by atoms with E-state index in [0.29, 0.717) is 33.0 Å². The van der Waals surface area contributed by atoms with Crippen LogP contribution in [0.2, 0.25) is 0 Å². The van der Waals surface area contributed by atoms with Gasteiger partial charge in [0.15, 0.2) is 6.61 Å². The number of H-pyrrole nitrogens is 1. The zero-order valence-electron chi connectivity index (χ0n) is 18.3. The molecule has 0 fully saturated rings. The van der Waals surface area contributed by atoms with Crippen LogP contribution < -0.4 is 15.7 Å². The van der Waals surface area contributed by atoms with Crippen molar-refractivity contribution in [1.29, 1.82) is 0 Å². The lowest BCUT2D eigenvalue weighted by Gasteiger charge is -2.15. The van der Waals surface area contributed by atoms with Crippen molar-refractivity contribution in [2.45, 2.75) is 0 Å². The van der Waals surface area contributed by atoms with Crippen molar-refractivity contribution >= 4 is 34.6 Å². The summed E-state index contributed by atoms with van der Waals surface area (Å²) in [6, 6.07) is 16.9. The second-order valence-corrected chi connectivity index (χ2v) is 7.79. The Bertz CT molecular complexity index is 1630. The lowest BCUT2D eigenvalue weighted by atomic mass is 10.1. The number of hydrazine groups is 1. The van der Waals surface area contributed by atoms with Crippen LogP contribution in [-0.4, -0.2) is 50.4 Å². The van der Waals surface area contributed by atoms with Crippen LogP contribution in [0.15, 0.2) is 71.5 Å². The number of ether oxygens (including phenoxy) is 1. The molecule has 0 saturated heterocycles. The van der Waals surface area contributed by atoms with Gasteiger partial charge in [0.1, 0.15) is 11.6 Å². The standard InChI is InChI=1S/C25H16N4O7/c30-20(28-29-23(32)16-10-7-14(25(34)35)11-18(16)24(29)33)12-36-15-8-5-13(6-9-15)21-26-19-4-2-1-3-17(19)22(31)27-21/h1-11H,12H2,(H,28,30)(H,34,35)(H,26,27,31). The van der Waals surface area contributed by atoms with E-state index in [1.165, 1.54) is 12.1 Å². The highest BCUT2D eigenvalue weighted by molar-refractivity contribution is 6.22. The van der Waals surface area contributed by atoms with E-state index in [4.69, 9.17) is 9.84 Å². The molecule has 3 aromatic carbocycles. The average Bonchev–Trinajstić information content (AvgIpc) is 3.12. The van der Waals surface area contributed by atoms with Crippen molar-refractivity contribution < 1.29 is 29.0 Å². The maximum atomic E-state index is 12.5. The second-order valence-electron chi connectivity index (χ2n) is 7.79. The van der Waals surface area contributed by atoms with Crippen LogP contribution >= 0.6 is 0 Å². The average molecular weight is 484 g/mol. The first kappa shape index (κ1) is 22.5. The molecule has 0 spiro atoms. The summed E-state index contributed by atoms with van der Waals surface area (Å²) < 4.78 is 5.43. The van der Waals surface area contributed by atoms with Gasteiger partial charge in [0, 0.05) is 5.56 Å². The minimum absolute atomic E-state index is 0.0119. The van der Waals surface area contributed by atoms with Gasteiger partial charge < -0.3 is 14.8 Å². The molecule has 0 unspecified atom stereocenters. The van der Waals surface area contributed by atoms with E-state index in [2.05, 4.69) is 15.4 Å². The smallest absolute Gasteiger partial charge is 0.335 e. The van der Waals surface area contributed by atoms with Crippen molar-refractivity contribution in [1.82, 2.24) is 20.4 Å². The van der Waals surface area contributed by atoms with Crippen LogP contribution in [0.4, 0.5) is 0 Å². The van der Waals surface area contributed by atoms with E-state index in [1.807, 2.05) is 0 Å². The minimum Gasteiger partial charge on any atom is -0.484 e. The van der Waals surface area contributed by atoms with E-state index in [1.54, 1.807) is 48.5 Å². The van der Waals surface area contributed by atoms with Crippen LogP contribution in [0.5, 0.6) is 5.75 Å². The number of carbonyl (C=O) groups excluding carboxylic acids is 3. The second kappa shape index (κ2) is 8.80. The fraction of sp³-hybridized carbons (Fsp3) is 0.0400. The van der Waals surface area contributed by atoms with Crippen molar-refractivity contribution in [2.24, 2.45) is 0 Å². The molecular formula is C25H16N4O7. The number of nitrogens with one attached hydrogen (secondary N) is 2. The number of carboxylic acid groups (broad SMARTS) is 1. The fourth-order valence-electron chi connectivity index (χ4n) is 3.71. The van der Waals surface area contributed by atoms with Gasteiger partial charge in [0.25, 0.3) is 23.3 Å². The molecule has 11 nitrogen and oxygen atoms in total. The summed E-state index contributed by atoms with van der Waals surface area (Å²) in [5.74, 6) is -2.94. The predicted octanol–water partition coefficient (Wildman–Crippen LogP) is 1.99. The number of aromatic carboxylic acids is 1. The van der Waals surface area contributed by atoms with Gasteiger partial charge in [-0.05, 0) is 54.6 Å². The number of rotatable bonds is 6. The summed E-state index contributed by atoms with van der Waals surface area (Å²) >= 11 is 0. The number of hydrogen-bond acceptors (Lipinski definition) is 7. The van der Waals surface area contributed by atoms with Crippen LogP contribution in [0.1, 0.15) is 31.1 Å². The predicted molar refractivity (Wildman–Crippen MR) is 125 cm³/mol. The van der Waals surface area contributed by atoms with Crippen LogP contribution in [0.3, 0.4) is 0 Å². The molecule has 36 heavy (non-hydrogen) atoms. The molecule has 5 rings (SSSR count). The van der Waals surface area contributed by atoms with E-state index in [9.17, 15) is 24.0 Å². The van der Waals surface area contributed by atoms with E-state index >= 15 is 0 Å². The Labute approximate surface area is 201 Å². The number of hydrogen-bond donors (Lipinski definition) is 3. The number of aromatic nitrogens is 2. The minimum atomic E-state index is -1.25. The van der Waals surface area contributed by atoms with Crippen LogP contribution in [-0.2, 0) is 4.79 Å². The largest absolute Gasteiger partial charge is 0.484 e. The maximum Gasteiger partial charge on any atom is 0.335 e. The highest BCUT2D eigenvalue weighted by Gasteiger charge is 2.37. The summed E-state index contributed by atoms with van der Waals surface area (Å²) in [6.07, 6.45) is 0. The van der Waals surface area contributed by atoms with Gasteiger partial charge in [-0.15, -0.1) is 0 Å². The molecule has 0 atom stereocenters. The Morgan fingerprint density at radius 2 is 1.67 bits per heavy atom. The van der Waals surface area contributed by atoms with Crippen molar-refractivity contribution in [3.8, 4) is 17.1 Å². The van der Waals surface area contributed by atoms with Gasteiger partial charge in [-0.25, -0.2) is 9.78 Å². The van der Waals surface area contributed by atoms with E-state index in [-0.39, 0.29) is 22.2 Å². The molecule has 2 heterocycles. The molecule has 3 N–H and O–H groups in total. The molecule has 1 aliphatic rings. The topological polar surface area (TPSA) is 159 Å². The lowest BCUT2D eigenvalue weighted by Crippen LogP contribution is -2.47. The van der Waals surface area contributed by atoms with Crippen molar-refractivity contribution in [2.75, 3.05) is 6.61 Å². The number of amides is 3. The van der Waals surface area contributed by atoms with Gasteiger partial charge in [0.05, 0.1) is 27.6 Å². The number of para-hydroxylation sites is 1.